The van der Waals surface area contributed by atoms with Crippen molar-refractivity contribution in [1.82, 2.24) is 0 Å². The highest BCUT2D eigenvalue weighted by molar-refractivity contribution is 7.99. The quantitative estimate of drug-likeness (QED) is 0.678. The summed E-state index contributed by atoms with van der Waals surface area (Å²) >= 11 is 1.92. The van der Waals surface area contributed by atoms with Crippen LogP contribution in [0.1, 0.15) is 27.9 Å². The van der Waals surface area contributed by atoms with Gasteiger partial charge in [0.15, 0.2) is 0 Å². The fraction of sp³-hybridized carbons (Fsp3) is 0.211. The molecular formula is C19H19NO2S. The normalized spacial score (nSPS) is 14.2. The van der Waals surface area contributed by atoms with E-state index in [9.17, 15) is 4.79 Å². The Morgan fingerprint density at radius 1 is 1.17 bits per heavy atom. The van der Waals surface area contributed by atoms with Crippen LogP contribution in [-0.4, -0.2) is 17.5 Å². The van der Waals surface area contributed by atoms with Crippen molar-refractivity contribution in [2.75, 3.05) is 17.2 Å². The van der Waals surface area contributed by atoms with E-state index in [4.69, 9.17) is 10.5 Å². The van der Waals surface area contributed by atoms with E-state index in [1.165, 1.54) is 5.57 Å². The van der Waals surface area contributed by atoms with Crippen LogP contribution in [-0.2, 0) is 11.3 Å². The lowest BCUT2D eigenvalue weighted by Gasteiger charge is -2.14. The Morgan fingerprint density at radius 3 is 2.74 bits per heavy atom. The van der Waals surface area contributed by atoms with Gasteiger partial charge in [0, 0.05) is 11.4 Å². The molecule has 0 unspecified atom stereocenters. The second-order valence-corrected chi connectivity index (χ2v) is 6.57. The molecule has 2 aromatic carbocycles. The molecular weight excluding hydrogens is 306 g/mol. The predicted molar refractivity (Wildman–Crippen MR) is 96.3 cm³/mol. The average Bonchev–Trinajstić information content (AvgIpc) is 2.62. The molecule has 0 bridgehead atoms. The van der Waals surface area contributed by atoms with E-state index in [1.807, 2.05) is 54.2 Å². The number of ether oxygens (including phenoxy) is 1. The van der Waals surface area contributed by atoms with Crippen molar-refractivity contribution in [3.8, 4) is 0 Å². The number of esters is 1. The van der Waals surface area contributed by atoms with Gasteiger partial charge in [-0.2, -0.15) is 11.8 Å². The van der Waals surface area contributed by atoms with Crippen LogP contribution in [0.5, 0.6) is 0 Å². The zero-order valence-corrected chi connectivity index (χ0v) is 13.6. The van der Waals surface area contributed by atoms with Gasteiger partial charge in [0.05, 0.1) is 5.56 Å². The SMILES string of the molecule is Nc1ccc(C2=CCSCC2)cc1C(=O)OCc1ccccc1. The van der Waals surface area contributed by atoms with E-state index in [1.54, 1.807) is 6.07 Å². The van der Waals surface area contributed by atoms with Gasteiger partial charge in [-0.25, -0.2) is 4.79 Å². The third kappa shape index (κ3) is 3.96. The highest BCUT2D eigenvalue weighted by atomic mass is 32.2. The summed E-state index contributed by atoms with van der Waals surface area (Å²) in [5.41, 5.74) is 10.2. The molecule has 1 heterocycles. The van der Waals surface area contributed by atoms with Gasteiger partial charge in [-0.15, -0.1) is 0 Å². The Hall–Kier alpha value is -2.20. The van der Waals surface area contributed by atoms with Gasteiger partial charge in [0.1, 0.15) is 6.61 Å². The first-order valence-electron chi connectivity index (χ1n) is 7.62. The summed E-state index contributed by atoms with van der Waals surface area (Å²) in [5, 5.41) is 0. The number of hydrogen-bond donors (Lipinski definition) is 1. The molecule has 0 radical (unpaired) electrons. The Morgan fingerprint density at radius 2 is 2.00 bits per heavy atom. The molecule has 2 N–H and O–H groups in total. The predicted octanol–water partition coefficient (Wildman–Crippen LogP) is 4.15. The lowest BCUT2D eigenvalue weighted by molar-refractivity contribution is 0.0474. The van der Waals surface area contributed by atoms with Crippen LogP contribution in [0.3, 0.4) is 0 Å². The van der Waals surface area contributed by atoms with Gasteiger partial charge in [0.25, 0.3) is 0 Å². The molecule has 118 valence electrons. The number of nitrogens with two attached hydrogens (primary N) is 1. The van der Waals surface area contributed by atoms with E-state index in [0.29, 0.717) is 11.3 Å². The minimum Gasteiger partial charge on any atom is -0.457 e. The Bertz CT molecular complexity index is 725. The van der Waals surface area contributed by atoms with Crippen molar-refractivity contribution in [2.45, 2.75) is 13.0 Å². The number of thioether (sulfide) groups is 1. The van der Waals surface area contributed by atoms with Crippen molar-refractivity contribution < 1.29 is 9.53 Å². The van der Waals surface area contributed by atoms with Gasteiger partial charge in [-0.3, -0.25) is 0 Å². The van der Waals surface area contributed by atoms with Crippen LogP contribution in [0.4, 0.5) is 5.69 Å². The van der Waals surface area contributed by atoms with E-state index < -0.39 is 0 Å². The molecule has 1 aliphatic rings. The number of allylic oxidation sites excluding steroid dienone is 1. The summed E-state index contributed by atoms with van der Waals surface area (Å²) < 4.78 is 5.39. The molecule has 0 atom stereocenters. The molecule has 0 spiro atoms. The van der Waals surface area contributed by atoms with E-state index >= 15 is 0 Å². The zero-order valence-electron chi connectivity index (χ0n) is 12.8. The summed E-state index contributed by atoms with van der Waals surface area (Å²) in [4.78, 5) is 12.3. The van der Waals surface area contributed by atoms with Crippen LogP contribution in [0.15, 0.2) is 54.6 Å². The van der Waals surface area contributed by atoms with Crippen LogP contribution in [0.2, 0.25) is 0 Å². The van der Waals surface area contributed by atoms with E-state index in [0.717, 1.165) is 29.1 Å². The second kappa shape index (κ2) is 7.38. The largest absolute Gasteiger partial charge is 0.457 e. The minimum atomic E-state index is -0.376. The molecule has 4 heteroatoms. The van der Waals surface area contributed by atoms with Crippen molar-refractivity contribution >= 4 is 29.0 Å². The molecule has 23 heavy (non-hydrogen) atoms. The van der Waals surface area contributed by atoms with E-state index in [-0.39, 0.29) is 12.6 Å². The number of anilines is 1. The maximum absolute atomic E-state index is 12.3. The minimum absolute atomic E-state index is 0.253. The van der Waals surface area contributed by atoms with Crippen molar-refractivity contribution in [3.63, 3.8) is 0 Å². The molecule has 3 rings (SSSR count). The molecule has 0 aliphatic carbocycles. The molecule has 0 aromatic heterocycles. The average molecular weight is 325 g/mol. The first kappa shape index (κ1) is 15.7. The van der Waals surface area contributed by atoms with Gasteiger partial charge in [-0.1, -0.05) is 42.5 Å². The Balaban J connectivity index is 1.75. The summed E-state index contributed by atoms with van der Waals surface area (Å²) in [7, 11) is 0. The monoisotopic (exact) mass is 325 g/mol. The molecule has 0 saturated carbocycles. The summed E-state index contributed by atoms with van der Waals surface area (Å²) in [6.45, 7) is 0.253. The highest BCUT2D eigenvalue weighted by Crippen LogP contribution is 2.28. The molecule has 0 amide bonds. The Kier molecular flexibility index (Phi) is 5.03. The fourth-order valence-electron chi connectivity index (χ4n) is 2.52. The topological polar surface area (TPSA) is 52.3 Å². The third-order valence-electron chi connectivity index (χ3n) is 3.82. The first-order chi connectivity index (χ1) is 11.2. The number of benzene rings is 2. The van der Waals surface area contributed by atoms with Crippen molar-refractivity contribution in [2.24, 2.45) is 0 Å². The maximum Gasteiger partial charge on any atom is 0.340 e. The zero-order chi connectivity index (χ0) is 16.1. The van der Waals surface area contributed by atoms with Gasteiger partial charge in [-0.05, 0) is 41.0 Å². The number of rotatable bonds is 4. The smallest absolute Gasteiger partial charge is 0.340 e. The van der Waals surface area contributed by atoms with Gasteiger partial charge >= 0.3 is 5.97 Å². The highest BCUT2D eigenvalue weighted by Gasteiger charge is 2.15. The van der Waals surface area contributed by atoms with Gasteiger partial charge in [0.2, 0.25) is 0 Å². The molecule has 1 aliphatic heterocycles. The first-order valence-corrected chi connectivity index (χ1v) is 8.77. The van der Waals surface area contributed by atoms with Crippen LogP contribution >= 0.6 is 11.8 Å². The molecule has 3 nitrogen and oxygen atoms in total. The molecule has 0 saturated heterocycles. The van der Waals surface area contributed by atoms with Crippen molar-refractivity contribution in [1.29, 1.82) is 0 Å². The summed E-state index contributed by atoms with van der Waals surface area (Å²) in [5.74, 6) is 1.76. The summed E-state index contributed by atoms with van der Waals surface area (Å²) in [6.07, 6.45) is 3.24. The van der Waals surface area contributed by atoms with Crippen LogP contribution in [0, 0.1) is 0 Å². The summed E-state index contributed by atoms with van der Waals surface area (Å²) in [6, 6.07) is 15.3. The number of carbonyl (C=O) groups is 1. The maximum atomic E-state index is 12.3. The third-order valence-corrected chi connectivity index (χ3v) is 4.72. The lowest BCUT2D eigenvalue weighted by Crippen LogP contribution is -2.09. The lowest BCUT2D eigenvalue weighted by atomic mass is 10.00. The number of hydrogen-bond acceptors (Lipinski definition) is 4. The second-order valence-electron chi connectivity index (χ2n) is 5.42. The van der Waals surface area contributed by atoms with Crippen LogP contribution in [0.25, 0.3) is 5.57 Å². The van der Waals surface area contributed by atoms with Crippen molar-refractivity contribution in [3.05, 3.63) is 71.3 Å². The molecule has 2 aromatic rings. The standard InChI is InChI=1S/C19H19NO2S/c20-18-7-6-16(15-8-10-23-11-9-15)12-17(18)19(21)22-13-14-4-2-1-3-5-14/h1-8,12H,9-11,13,20H2. The number of carbonyl (C=O) groups excluding carboxylic acids is 1. The van der Waals surface area contributed by atoms with Gasteiger partial charge < -0.3 is 10.5 Å². The van der Waals surface area contributed by atoms with E-state index in [2.05, 4.69) is 6.08 Å². The number of nitrogen functional groups attached to an aromatic ring is 1. The molecule has 0 fully saturated rings. The Labute approximate surface area is 140 Å². The van der Waals surface area contributed by atoms with Crippen LogP contribution < -0.4 is 5.73 Å². The fourth-order valence-corrected chi connectivity index (χ4v) is 3.37.